The molecule has 0 fully saturated rings. The van der Waals surface area contributed by atoms with Gasteiger partial charge in [0, 0.05) is 18.7 Å². The fourth-order valence-electron chi connectivity index (χ4n) is 2.68. The van der Waals surface area contributed by atoms with E-state index in [4.69, 9.17) is 5.26 Å². The highest BCUT2D eigenvalue weighted by atomic mass is 32.2. The summed E-state index contributed by atoms with van der Waals surface area (Å²) in [6.07, 6.45) is 0. The zero-order chi connectivity index (χ0) is 20.9. The van der Waals surface area contributed by atoms with Crippen molar-refractivity contribution >= 4 is 32.3 Å². The van der Waals surface area contributed by atoms with Crippen molar-refractivity contribution in [1.29, 1.82) is 5.26 Å². The van der Waals surface area contributed by atoms with Gasteiger partial charge in [-0.2, -0.15) is 9.57 Å². The summed E-state index contributed by atoms with van der Waals surface area (Å²) < 4.78 is 27.5. The molecule has 1 amide bonds. The normalized spacial score (nSPS) is 11.8. The van der Waals surface area contributed by atoms with Crippen LogP contribution in [0.4, 0.5) is 5.00 Å². The quantitative estimate of drug-likeness (QED) is 0.695. The van der Waals surface area contributed by atoms with Crippen LogP contribution in [0.3, 0.4) is 0 Å². The molecule has 0 saturated carbocycles. The van der Waals surface area contributed by atoms with Crippen molar-refractivity contribution in [2.45, 2.75) is 32.6 Å². The number of benzene rings is 1. The lowest BCUT2D eigenvalue weighted by Gasteiger charge is -2.25. The number of nitrogens with one attached hydrogen (secondary N) is 1. The first-order chi connectivity index (χ1) is 13.1. The second kappa shape index (κ2) is 9.32. The SMILES string of the molecule is CC(C)CN(CC(C)C)S(=O)(=O)c1ccc(C(=O)Nc2sccc2C#N)cc1. The minimum atomic E-state index is -3.63. The summed E-state index contributed by atoms with van der Waals surface area (Å²) in [5, 5.41) is 13.9. The van der Waals surface area contributed by atoms with E-state index in [0.717, 1.165) is 0 Å². The number of nitriles is 1. The highest BCUT2D eigenvalue weighted by Crippen LogP contribution is 2.24. The largest absolute Gasteiger partial charge is 0.312 e. The number of nitrogens with zero attached hydrogens (tertiary/aromatic N) is 2. The van der Waals surface area contributed by atoms with Gasteiger partial charge in [-0.25, -0.2) is 8.42 Å². The van der Waals surface area contributed by atoms with E-state index in [1.54, 1.807) is 11.4 Å². The van der Waals surface area contributed by atoms with Gasteiger partial charge in [-0.05, 0) is 47.5 Å². The van der Waals surface area contributed by atoms with E-state index < -0.39 is 10.0 Å². The topological polar surface area (TPSA) is 90.3 Å². The molecule has 28 heavy (non-hydrogen) atoms. The second-order valence-electron chi connectivity index (χ2n) is 7.36. The number of hydrogen-bond donors (Lipinski definition) is 1. The van der Waals surface area contributed by atoms with Crippen LogP contribution in [-0.2, 0) is 10.0 Å². The minimum absolute atomic E-state index is 0.166. The molecule has 150 valence electrons. The maximum atomic E-state index is 13.0. The van der Waals surface area contributed by atoms with Crippen LogP contribution in [0.1, 0.15) is 43.6 Å². The van der Waals surface area contributed by atoms with Gasteiger partial charge in [-0.1, -0.05) is 27.7 Å². The third-order valence-corrected chi connectivity index (χ3v) is 6.58. The Morgan fingerprint density at radius 2 is 1.68 bits per heavy atom. The number of amides is 1. The third-order valence-electron chi connectivity index (χ3n) is 3.90. The van der Waals surface area contributed by atoms with Crippen molar-refractivity contribution in [3.05, 3.63) is 46.8 Å². The summed E-state index contributed by atoms with van der Waals surface area (Å²) in [4.78, 5) is 12.6. The molecule has 6 nitrogen and oxygen atoms in total. The van der Waals surface area contributed by atoms with Gasteiger partial charge in [0.1, 0.15) is 11.1 Å². The van der Waals surface area contributed by atoms with Gasteiger partial charge in [0.05, 0.1) is 10.5 Å². The number of carbonyl (C=O) groups excluding carboxylic acids is 1. The van der Waals surface area contributed by atoms with Crippen LogP contribution in [0.2, 0.25) is 0 Å². The Bertz CT molecular complexity index is 945. The molecule has 2 aromatic rings. The molecule has 0 aliphatic rings. The average Bonchev–Trinajstić information content (AvgIpc) is 3.07. The van der Waals surface area contributed by atoms with Crippen molar-refractivity contribution < 1.29 is 13.2 Å². The van der Waals surface area contributed by atoms with Crippen LogP contribution in [0, 0.1) is 23.2 Å². The van der Waals surface area contributed by atoms with E-state index in [-0.39, 0.29) is 22.6 Å². The molecule has 8 heteroatoms. The molecule has 0 atom stereocenters. The molecule has 1 N–H and O–H groups in total. The predicted octanol–water partition coefficient (Wildman–Crippen LogP) is 4.17. The minimum Gasteiger partial charge on any atom is -0.312 e. The molecule has 0 bridgehead atoms. The molecule has 1 aromatic heterocycles. The zero-order valence-electron chi connectivity index (χ0n) is 16.5. The van der Waals surface area contributed by atoms with E-state index in [0.29, 0.717) is 29.2 Å². The lowest BCUT2D eigenvalue weighted by molar-refractivity contribution is 0.102. The smallest absolute Gasteiger partial charge is 0.256 e. The monoisotopic (exact) mass is 419 g/mol. The molecular weight excluding hydrogens is 394 g/mol. The Balaban J connectivity index is 2.22. The van der Waals surface area contributed by atoms with Gasteiger partial charge in [-0.3, -0.25) is 4.79 Å². The summed E-state index contributed by atoms with van der Waals surface area (Å²) >= 11 is 1.26. The van der Waals surface area contributed by atoms with Gasteiger partial charge in [0.25, 0.3) is 5.91 Å². The first-order valence-corrected chi connectivity index (χ1v) is 11.4. The van der Waals surface area contributed by atoms with E-state index in [9.17, 15) is 13.2 Å². The predicted molar refractivity (Wildman–Crippen MR) is 112 cm³/mol. The van der Waals surface area contributed by atoms with Gasteiger partial charge >= 0.3 is 0 Å². The average molecular weight is 420 g/mol. The van der Waals surface area contributed by atoms with Crippen molar-refractivity contribution in [1.82, 2.24) is 4.31 Å². The van der Waals surface area contributed by atoms with E-state index in [1.807, 2.05) is 33.8 Å². The van der Waals surface area contributed by atoms with Crippen molar-refractivity contribution in [2.24, 2.45) is 11.8 Å². The summed E-state index contributed by atoms with van der Waals surface area (Å²) in [5.74, 6) is 0.0292. The molecule has 0 unspecified atom stereocenters. The lowest BCUT2D eigenvalue weighted by atomic mass is 10.2. The number of hydrogen-bond acceptors (Lipinski definition) is 5. The Labute approximate surface area is 170 Å². The van der Waals surface area contributed by atoms with Crippen LogP contribution < -0.4 is 5.32 Å². The van der Waals surface area contributed by atoms with Crippen molar-refractivity contribution in [3.63, 3.8) is 0 Å². The molecule has 0 aliphatic carbocycles. The summed E-state index contributed by atoms with van der Waals surface area (Å²) in [5.41, 5.74) is 0.728. The number of carbonyl (C=O) groups is 1. The highest BCUT2D eigenvalue weighted by molar-refractivity contribution is 7.89. The maximum Gasteiger partial charge on any atom is 0.256 e. The fourth-order valence-corrected chi connectivity index (χ4v) is 5.18. The van der Waals surface area contributed by atoms with Crippen LogP contribution in [0.25, 0.3) is 0 Å². The van der Waals surface area contributed by atoms with Crippen LogP contribution in [0.15, 0.2) is 40.6 Å². The van der Waals surface area contributed by atoms with Gasteiger partial charge in [0.15, 0.2) is 0 Å². The summed E-state index contributed by atoms with van der Waals surface area (Å²) in [6, 6.07) is 9.54. The summed E-state index contributed by atoms with van der Waals surface area (Å²) in [7, 11) is -3.63. The fraction of sp³-hybridized carbons (Fsp3) is 0.400. The second-order valence-corrected chi connectivity index (χ2v) is 10.2. The van der Waals surface area contributed by atoms with Crippen molar-refractivity contribution in [2.75, 3.05) is 18.4 Å². The van der Waals surface area contributed by atoms with Crippen LogP contribution in [0.5, 0.6) is 0 Å². The van der Waals surface area contributed by atoms with Crippen LogP contribution in [-0.4, -0.2) is 31.7 Å². The number of thiophene rings is 1. The Morgan fingerprint density at radius 3 is 2.18 bits per heavy atom. The first kappa shape index (κ1) is 22.1. The van der Waals surface area contributed by atoms with E-state index >= 15 is 0 Å². The van der Waals surface area contributed by atoms with Gasteiger partial charge in [-0.15, -0.1) is 11.3 Å². The maximum absolute atomic E-state index is 13.0. The first-order valence-electron chi connectivity index (χ1n) is 9.04. The Hall–Kier alpha value is -2.21. The number of anilines is 1. The number of rotatable bonds is 8. The van der Waals surface area contributed by atoms with Crippen LogP contribution >= 0.6 is 11.3 Å². The molecular formula is C20H25N3O3S2. The number of sulfonamides is 1. The molecule has 0 aliphatic heterocycles. The Kier molecular flexibility index (Phi) is 7.35. The summed E-state index contributed by atoms with van der Waals surface area (Å²) in [6.45, 7) is 8.82. The third kappa shape index (κ3) is 5.41. The molecule has 0 saturated heterocycles. The Morgan fingerprint density at radius 1 is 1.11 bits per heavy atom. The zero-order valence-corrected chi connectivity index (χ0v) is 18.1. The molecule has 1 heterocycles. The lowest BCUT2D eigenvalue weighted by Crippen LogP contribution is -2.37. The van der Waals surface area contributed by atoms with Gasteiger partial charge < -0.3 is 5.32 Å². The molecule has 0 spiro atoms. The van der Waals surface area contributed by atoms with E-state index in [1.165, 1.54) is 39.9 Å². The molecule has 1 aromatic carbocycles. The molecule has 2 rings (SSSR count). The highest BCUT2D eigenvalue weighted by Gasteiger charge is 2.26. The standard InChI is InChI=1S/C20H25N3O3S2/c1-14(2)12-23(13-15(3)4)28(25,26)18-7-5-16(6-8-18)19(24)22-20-17(11-21)9-10-27-20/h5-10,14-15H,12-13H2,1-4H3,(H,22,24). The molecule has 0 radical (unpaired) electrons. The van der Waals surface area contributed by atoms with E-state index in [2.05, 4.69) is 5.32 Å². The van der Waals surface area contributed by atoms with Gasteiger partial charge in [0.2, 0.25) is 10.0 Å². The van der Waals surface area contributed by atoms with Crippen molar-refractivity contribution in [3.8, 4) is 6.07 Å².